The topological polar surface area (TPSA) is 82.9 Å². The highest BCUT2D eigenvalue weighted by Crippen LogP contribution is 2.39. The molecular formula is C26H29N5O3S. The minimum Gasteiger partial charge on any atom is -0.478 e. The number of aromatic carboxylic acids is 1. The lowest BCUT2D eigenvalue weighted by Crippen LogP contribution is -2.39. The number of morpholine rings is 1. The number of hydrogen-bond donors (Lipinski definition) is 2. The third-order valence-electron chi connectivity index (χ3n) is 6.65. The van der Waals surface area contributed by atoms with Gasteiger partial charge in [0.15, 0.2) is 5.11 Å². The van der Waals surface area contributed by atoms with Crippen LogP contribution in [0.25, 0.3) is 5.69 Å². The minimum absolute atomic E-state index is 0.0590. The lowest BCUT2D eigenvalue weighted by molar-refractivity contribution is 0.0365. The SMILES string of the molecule is O=C(O)c1ccc(-n2cccc2[C@H]2[C@@H](c3ccccn3)NC(=S)N2CCCN2CCOCC2)cc1. The normalized spacial score (nSPS) is 20.7. The first-order chi connectivity index (χ1) is 17.1. The van der Waals surface area contributed by atoms with Crippen molar-refractivity contribution in [2.45, 2.75) is 18.5 Å². The van der Waals surface area contributed by atoms with Gasteiger partial charge in [0.1, 0.15) is 0 Å². The van der Waals surface area contributed by atoms with E-state index in [0.29, 0.717) is 0 Å². The van der Waals surface area contributed by atoms with Gasteiger partial charge in [-0.2, -0.15) is 0 Å². The predicted molar refractivity (Wildman–Crippen MR) is 137 cm³/mol. The Morgan fingerprint density at radius 3 is 2.60 bits per heavy atom. The van der Waals surface area contributed by atoms with Gasteiger partial charge in [0.2, 0.25) is 0 Å². The molecular weight excluding hydrogens is 462 g/mol. The molecule has 4 heterocycles. The summed E-state index contributed by atoms with van der Waals surface area (Å²) in [6.07, 6.45) is 4.80. The number of nitrogens with one attached hydrogen (secondary N) is 1. The molecule has 2 aliphatic heterocycles. The maximum absolute atomic E-state index is 11.3. The van der Waals surface area contributed by atoms with Crippen LogP contribution in [0.15, 0.2) is 67.0 Å². The Morgan fingerprint density at radius 2 is 1.89 bits per heavy atom. The maximum atomic E-state index is 11.3. The van der Waals surface area contributed by atoms with Crippen molar-refractivity contribution in [1.82, 2.24) is 24.7 Å². The molecule has 2 fully saturated rings. The molecule has 0 unspecified atom stereocenters. The fourth-order valence-electron chi connectivity index (χ4n) is 4.89. The van der Waals surface area contributed by atoms with E-state index in [1.54, 1.807) is 12.1 Å². The zero-order chi connectivity index (χ0) is 24.2. The van der Waals surface area contributed by atoms with Crippen LogP contribution in [0.2, 0.25) is 0 Å². The summed E-state index contributed by atoms with van der Waals surface area (Å²) in [6, 6.07) is 16.9. The molecule has 0 spiro atoms. The Kier molecular flexibility index (Phi) is 7.08. The molecule has 0 radical (unpaired) electrons. The van der Waals surface area contributed by atoms with Crippen molar-refractivity contribution in [3.05, 3.63) is 83.9 Å². The zero-order valence-electron chi connectivity index (χ0n) is 19.4. The van der Waals surface area contributed by atoms with Crippen molar-refractivity contribution < 1.29 is 14.6 Å². The van der Waals surface area contributed by atoms with Crippen molar-refractivity contribution in [3.8, 4) is 5.69 Å². The van der Waals surface area contributed by atoms with E-state index in [0.717, 1.165) is 68.0 Å². The Labute approximate surface area is 210 Å². The van der Waals surface area contributed by atoms with Crippen molar-refractivity contribution in [1.29, 1.82) is 0 Å². The average molecular weight is 492 g/mol. The summed E-state index contributed by atoms with van der Waals surface area (Å²) in [4.78, 5) is 20.7. The molecule has 2 aromatic heterocycles. The van der Waals surface area contributed by atoms with Gasteiger partial charge in [-0.25, -0.2) is 4.79 Å². The van der Waals surface area contributed by atoms with Crippen LogP contribution < -0.4 is 5.32 Å². The second-order valence-corrected chi connectivity index (χ2v) is 9.17. The number of ether oxygens (including phenoxy) is 1. The Balaban J connectivity index is 1.44. The van der Waals surface area contributed by atoms with E-state index in [4.69, 9.17) is 17.0 Å². The molecule has 5 rings (SSSR count). The van der Waals surface area contributed by atoms with E-state index in [1.165, 1.54) is 0 Å². The van der Waals surface area contributed by atoms with Crippen molar-refractivity contribution in [3.63, 3.8) is 0 Å². The second-order valence-electron chi connectivity index (χ2n) is 8.78. The number of aromatic nitrogens is 2. The van der Waals surface area contributed by atoms with Gasteiger partial charge in [-0.3, -0.25) is 9.88 Å². The molecule has 2 aliphatic rings. The molecule has 3 aromatic rings. The van der Waals surface area contributed by atoms with Gasteiger partial charge in [0.05, 0.1) is 36.6 Å². The molecule has 2 atom stereocenters. The quantitative estimate of drug-likeness (QED) is 0.465. The fraction of sp³-hybridized carbons (Fsp3) is 0.346. The van der Waals surface area contributed by atoms with Gasteiger partial charge < -0.3 is 24.6 Å². The summed E-state index contributed by atoms with van der Waals surface area (Å²) in [6.45, 7) is 5.35. The largest absolute Gasteiger partial charge is 0.478 e. The first kappa shape index (κ1) is 23.5. The monoisotopic (exact) mass is 491 g/mol. The third-order valence-corrected chi connectivity index (χ3v) is 7.00. The summed E-state index contributed by atoms with van der Waals surface area (Å²) < 4.78 is 7.58. The standard InChI is InChI=1S/C26H29N5O3S/c32-25(33)19-7-9-20(10-8-19)30-13-3-6-22(30)24-23(21-5-1-2-11-27-21)28-26(35)31(24)14-4-12-29-15-17-34-18-16-29/h1-3,5-11,13,23-24H,4,12,14-18H2,(H,28,35)(H,32,33)/t23-,24+/m1/s1. The van der Waals surface area contributed by atoms with E-state index in [2.05, 4.69) is 30.7 Å². The molecule has 182 valence electrons. The summed E-state index contributed by atoms with van der Waals surface area (Å²) in [5, 5.41) is 13.5. The first-order valence-electron chi connectivity index (χ1n) is 11.9. The molecule has 0 bridgehead atoms. The van der Waals surface area contributed by atoms with Crippen LogP contribution in [0.3, 0.4) is 0 Å². The Bertz CT molecular complexity index is 1160. The van der Waals surface area contributed by atoms with Crippen molar-refractivity contribution >= 4 is 23.3 Å². The van der Waals surface area contributed by atoms with Crippen LogP contribution in [0, 0.1) is 0 Å². The van der Waals surface area contributed by atoms with Gasteiger partial charge in [0.25, 0.3) is 0 Å². The van der Waals surface area contributed by atoms with Crippen LogP contribution in [0.4, 0.5) is 0 Å². The molecule has 0 aliphatic carbocycles. The van der Waals surface area contributed by atoms with Crippen LogP contribution in [-0.4, -0.2) is 74.9 Å². The zero-order valence-corrected chi connectivity index (χ0v) is 20.2. The first-order valence-corrected chi connectivity index (χ1v) is 12.3. The summed E-state index contributed by atoms with van der Waals surface area (Å²) >= 11 is 5.82. The number of nitrogens with zero attached hydrogens (tertiary/aromatic N) is 4. The van der Waals surface area contributed by atoms with Gasteiger partial charge in [0, 0.05) is 50.0 Å². The number of carbonyl (C=O) groups is 1. The smallest absolute Gasteiger partial charge is 0.335 e. The minimum atomic E-state index is -0.934. The Morgan fingerprint density at radius 1 is 1.09 bits per heavy atom. The highest BCUT2D eigenvalue weighted by molar-refractivity contribution is 7.80. The van der Waals surface area contributed by atoms with Crippen LogP contribution >= 0.6 is 12.2 Å². The number of thiocarbonyl (C=S) groups is 1. The van der Waals surface area contributed by atoms with E-state index in [-0.39, 0.29) is 17.6 Å². The molecule has 2 saturated heterocycles. The van der Waals surface area contributed by atoms with E-state index in [9.17, 15) is 9.90 Å². The molecule has 8 nitrogen and oxygen atoms in total. The van der Waals surface area contributed by atoms with Crippen LogP contribution in [0.5, 0.6) is 0 Å². The summed E-state index contributed by atoms with van der Waals surface area (Å²) in [5.41, 5.74) is 3.18. The molecule has 0 amide bonds. The highest BCUT2D eigenvalue weighted by atomic mass is 32.1. The van der Waals surface area contributed by atoms with Crippen LogP contribution in [-0.2, 0) is 4.74 Å². The molecule has 2 N–H and O–H groups in total. The summed E-state index contributed by atoms with van der Waals surface area (Å²) in [5.74, 6) is -0.934. The van der Waals surface area contributed by atoms with Crippen molar-refractivity contribution in [2.75, 3.05) is 39.4 Å². The maximum Gasteiger partial charge on any atom is 0.335 e. The molecule has 35 heavy (non-hydrogen) atoms. The Hall–Kier alpha value is -3.27. The predicted octanol–water partition coefficient (Wildman–Crippen LogP) is 3.27. The average Bonchev–Trinajstić information content (AvgIpc) is 3.50. The summed E-state index contributed by atoms with van der Waals surface area (Å²) in [7, 11) is 0. The fourth-order valence-corrected chi connectivity index (χ4v) is 5.22. The van der Waals surface area contributed by atoms with E-state index < -0.39 is 5.97 Å². The molecule has 1 aromatic carbocycles. The number of benzene rings is 1. The third kappa shape index (κ3) is 5.07. The number of pyridine rings is 1. The second kappa shape index (κ2) is 10.6. The van der Waals surface area contributed by atoms with Crippen molar-refractivity contribution in [2.24, 2.45) is 0 Å². The number of hydrogen-bond acceptors (Lipinski definition) is 5. The molecule has 9 heteroatoms. The van der Waals surface area contributed by atoms with Gasteiger partial charge >= 0.3 is 5.97 Å². The van der Waals surface area contributed by atoms with Gasteiger partial charge in [-0.1, -0.05) is 6.07 Å². The number of carboxylic acid groups (broad SMARTS) is 1. The number of carboxylic acids is 1. The van der Waals surface area contributed by atoms with Gasteiger partial charge in [-0.05, 0) is 67.2 Å². The van der Waals surface area contributed by atoms with E-state index >= 15 is 0 Å². The van der Waals surface area contributed by atoms with Crippen LogP contribution in [0.1, 0.15) is 40.3 Å². The number of rotatable bonds is 8. The lowest BCUT2D eigenvalue weighted by Gasteiger charge is -2.31. The lowest BCUT2D eigenvalue weighted by atomic mass is 10.0. The molecule has 0 saturated carbocycles. The van der Waals surface area contributed by atoms with E-state index in [1.807, 2.05) is 48.8 Å². The highest BCUT2D eigenvalue weighted by Gasteiger charge is 2.41. The van der Waals surface area contributed by atoms with Gasteiger partial charge in [-0.15, -0.1) is 0 Å².